The molecule has 1 aromatic carbocycles. The summed E-state index contributed by atoms with van der Waals surface area (Å²) in [4.78, 5) is 16.9. The van der Waals surface area contributed by atoms with Crippen LogP contribution in [0.2, 0.25) is 0 Å². The third-order valence-corrected chi connectivity index (χ3v) is 5.27. The summed E-state index contributed by atoms with van der Waals surface area (Å²) in [5.41, 5.74) is 2.99. The van der Waals surface area contributed by atoms with Gasteiger partial charge in [-0.25, -0.2) is 8.42 Å². The summed E-state index contributed by atoms with van der Waals surface area (Å²) in [5.74, 6) is -0.343. The van der Waals surface area contributed by atoms with Crippen LogP contribution < -0.4 is 9.62 Å². The lowest BCUT2D eigenvalue weighted by Crippen LogP contribution is -2.49. The van der Waals surface area contributed by atoms with Crippen LogP contribution in [0, 0.1) is 13.8 Å². The Hall–Kier alpha value is -2.41. The topological polar surface area (TPSA) is 79.4 Å². The lowest BCUT2D eigenvalue weighted by atomic mass is 10.1. The summed E-state index contributed by atoms with van der Waals surface area (Å²) in [5, 5.41) is 2.80. The maximum atomic E-state index is 12.8. The van der Waals surface area contributed by atoms with E-state index in [1.807, 2.05) is 32.0 Å². The molecule has 0 saturated carbocycles. The van der Waals surface area contributed by atoms with E-state index in [4.69, 9.17) is 0 Å². The molecule has 1 N–H and O–H groups in total. The fraction of sp³-hybridized carbons (Fsp3) is 0.368. The molecule has 7 heteroatoms. The van der Waals surface area contributed by atoms with Gasteiger partial charge in [0, 0.05) is 6.20 Å². The van der Waals surface area contributed by atoms with Crippen LogP contribution in [0.3, 0.4) is 0 Å². The number of carbonyl (C=O) groups excluding carboxylic acids is 1. The summed E-state index contributed by atoms with van der Waals surface area (Å²) in [6, 6.07) is 10.2. The van der Waals surface area contributed by atoms with Gasteiger partial charge in [-0.2, -0.15) is 0 Å². The third-order valence-electron chi connectivity index (χ3n) is 4.10. The van der Waals surface area contributed by atoms with Gasteiger partial charge in [0.15, 0.2) is 0 Å². The molecule has 140 valence electrons. The zero-order valence-electron chi connectivity index (χ0n) is 15.6. The van der Waals surface area contributed by atoms with Gasteiger partial charge in [-0.3, -0.25) is 14.1 Å². The summed E-state index contributed by atoms with van der Waals surface area (Å²) < 4.78 is 26.2. The average molecular weight is 375 g/mol. The van der Waals surface area contributed by atoms with Crippen molar-refractivity contribution in [3.05, 3.63) is 59.4 Å². The average Bonchev–Trinajstić information content (AvgIpc) is 2.59. The number of carbonyl (C=O) groups is 1. The van der Waals surface area contributed by atoms with E-state index in [1.165, 1.54) is 4.31 Å². The number of sulfonamides is 1. The first-order chi connectivity index (χ1) is 12.2. The van der Waals surface area contributed by atoms with E-state index in [1.54, 1.807) is 31.3 Å². The van der Waals surface area contributed by atoms with Crippen LogP contribution in [-0.4, -0.2) is 31.6 Å². The van der Waals surface area contributed by atoms with Crippen molar-refractivity contribution in [3.8, 4) is 0 Å². The van der Waals surface area contributed by atoms with Crippen molar-refractivity contribution in [2.24, 2.45) is 0 Å². The zero-order chi connectivity index (χ0) is 19.3. The Kier molecular flexibility index (Phi) is 6.37. The van der Waals surface area contributed by atoms with Gasteiger partial charge in [-0.05, 0) is 49.6 Å². The van der Waals surface area contributed by atoms with Crippen molar-refractivity contribution in [2.75, 3.05) is 10.6 Å². The number of rotatable bonds is 7. The van der Waals surface area contributed by atoms with Crippen molar-refractivity contribution < 1.29 is 13.2 Å². The molecule has 0 radical (unpaired) electrons. The van der Waals surface area contributed by atoms with Gasteiger partial charge in [0.2, 0.25) is 15.9 Å². The largest absolute Gasteiger partial charge is 0.349 e. The monoisotopic (exact) mass is 375 g/mol. The minimum atomic E-state index is -3.64. The highest BCUT2D eigenvalue weighted by Gasteiger charge is 2.32. The molecule has 26 heavy (non-hydrogen) atoms. The van der Waals surface area contributed by atoms with Crippen LogP contribution in [-0.2, 0) is 21.4 Å². The summed E-state index contributed by atoms with van der Waals surface area (Å²) in [7, 11) is -3.64. The molecule has 0 saturated heterocycles. The smallest absolute Gasteiger partial charge is 0.244 e. The number of nitrogens with zero attached hydrogens (tertiary/aromatic N) is 2. The normalized spacial score (nSPS) is 12.5. The Labute approximate surface area is 155 Å². The fourth-order valence-electron chi connectivity index (χ4n) is 2.79. The molecule has 1 amide bonds. The zero-order valence-corrected chi connectivity index (χ0v) is 16.4. The molecular formula is C19H25N3O3S. The number of anilines is 1. The number of pyridine rings is 1. The molecule has 2 aromatic rings. The molecule has 6 nitrogen and oxygen atoms in total. The van der Waals surface area contributed by atoms with Gasteiger partial charge in [0.25, 0.3) is 0 Å². The Morgan fingerprint density at radius 3 is 2.54 bits per heavy atom. The molecule has 1 aromatic heterocycles. The highest BCUT2D eigenvalue weighted by atomic mass is 32.2. The third kappa shape index (κ3) is 4.82. The number of benzene rings is 1. The quantitative estimate of drug-likeness (QED) is 0.807. The van der Waals surface area contributed by atoms with E-state index in [9.17, 15) is 13.2 Å². The SMILES string of the molecule is CCC(C(=O)NCc1ccccn1)N(c1cc(C)ccc1C)S(C)(=O)=O. The first-order valence-electron chi connectivity index (χ1n) is 8.48. The number of nitrogens with one attached hydrogen (secondary N) is 1. The van der Waals surface area contributed by atoms with Gasteiger partial charge >= 0.3 is 0 Å². The second-order valence-corrected chi connectivity index (χ2v) is 8.17. The van der Waals surface area contributed by atoms with E-state index < -0.39 is 16.1 Å². The summed E-state index contributed by atoms with van der Waals surface area (Å²) >= 11 is 0. The number of aromatic nitrogens is 1. The standard InChI is InChI=1S/C19H25N3O3S/c1-5-17(19(23)21-13-16-8-6-7-11-20-16)22(26(4,24)25)18-12-14(2)9-10-15(18)3/h6-12,17H,5,13H2,1-4H3,(H,21,23). The van der Waals surface area contributed by atoms with Crippen LogP contribution >= 0.6 is 0 Å². The Bertz CT molecular complexity index is 867. The van der Waals surface area contributed by atoms with Gasteiger partial charge in [-0.15, -0.1) is 0 Å². The maximum absolute atomic E-state index is 12.8. The fourth-order valence-corrected chi connectivity index (χ4v) is 4.05. The van der Waals surface area contributed by atoms with Crippen LogP contribution in [0.15, 0.2) is 42.6 Å². The highest BCUT2D eigenvalue weighted by molar-refractivity contribution is 7.92. The number of hydrogen-bond donors (Lipinski definition) is 1. The lowest BCUT2D eigenvalue weighted by molar-refractivity contribution is -0.122. The number of aryl methyl sites for hydroxylation is 2. The predicted octanol–water partition coefficient (Wildman–Crippen LogP) is 2.56. The van der Waals surface area contributed by atoms with Gasteiger partial charge in [-0.1, -0.05) is 25.1 Å². The van der Waals surface area contributed by atoms with Crippen LogP contribution in [0.1, 0.15) is 30.2 Å². The Morgan fingerprint density at radius 1 is 1.23 bits per heavy atom. The lowest BCUT2D eigenvalue weighted by Gasteiger charge is -2.31. The highest BCUT2D eigenvalue weighted by Crippen LogP contribution is 2.27. The summed E-state index contributed by atoms with van der Waals surface area (Å²) in [6.07, 6.45) is 3.13. The van der Waals surface area contributed by atoms with Crippen LogP contribution in [0.5, 0.6) is 0 Å². The van der Waals surface area contributed by atoms with E-state index in [2.05, 4.69) is 10.3 Å². The molecule has 0 spiro atoms. The van der Waals surface area contributed by atoms with E-state index in [0.717, 1.165) is 17.4 Å². The first-order valence-corrected chi connectivity index (χ1v) is 10.3. The minimum Gasteiger partial charge on any atom is -0.349 e. The molecule has 0 aliphatic heterocycles. The molecule has 1 unspecified atom stereocenters. The molecule has 0 aliphatic rings. The maximum Gasteiger partial charge on any atom is 0.244 e. The predicted molar refractivity (Wildman–Crippen MR) is 103 cm³/mol. The Morgan fingerprint density at radius 2 is 1.96 bits per heavy atom. The van der Waals surface area contributed by atoms with Gasteiger partial charge < -0.3 is 5.32 Å². The second-order valence-electron chi connectivity index (χ2n) is 6.31. The van der Waals surface area contributed by atoms with Crippen LogP contribution in [0.4, 0.5) is 5.69 Å². The van der Waals surface area contributed by atoms with E-state index in [-0.39, 0.29) is 12.5 Å². The minimum absolute atomic E-state index is 0.251. The first kappa shape index (κ1) is 19.9. The van der Waals surface area contributed by atoms with E-state index in [0.29, 0.717) is 17.8 Å². The number of hydrogen-bond acceptors (Lipinski definition) is 4. The van der Waals surface area contributed by atoms with Crippen molar-refractivity contribution in [1.82, 2.24) is 10.3 Å². The molecule has 0 fully saturated rings. The van der Waals surface area contributed by atoms with Crippen molar-refractivity contribution in [3.63, 3.8) is 0 Å². The molecule has 2 rings (SSSR count). The molecular weight excluding hydrogens is 350 g/mol. The van der Waals surface area contributed by atoms with Crippen molar-refractivity contribution in [1.29, 1.82) is 0 Å². The Balaban J connectivity index is 2.32. The molecule has 1 heterocycles. The molecule has 1 atom stereocenters. The van der Waals surface area contributed by atoms with Crippen LogP contribution in [0.25, 0.3) is 0 Å². The molecule has 0 aliphatic carbocycles. The van der Waals surface area contributed by atoms with Crippen molar-refractivity contribution >= 4 is 21.6 Å². The second kappa shape index (κ2) is 8.31. The van der Waals surface area contributed by atoms with E-state index >= 15 is 0 Å². The summed E-state index contributed by atoms with van der Waals surface area (Å²) in [6.45, 7) is 5.78. The number of amides is 1. The van der Waals surface area contributed by atoms with Gasteiger partial charge in [0.1, 0.15) is 6.04 Å². The van der Waals surface area contributed by atoms with Crippen molar-refractivity contribution in [2.45, 2.75) is 39.8 Å². The van der Waals surface area contributed by atoms with Gasteiger partial charge in [0.05, 0.1) is 24.2 Å². The molecule has 0 bridgehead atoms.